The molecule has 0 atom stereocenters. The fourth-order valence-electron chi connectivity index (χ4n) is 3.95. The van der Waals surface area contributed by atoms with Crippen molar-refractivity contribution in [1.29, 1.82) is 0 Å². The minimum Gasteiger partial charge on any atom is -0.497 e. The van der Waals surface area contributed by atoms with Crippen LogP contribution in [0.25, 0.3) is 0 Å². The van der Waals surface area contributed by atoms with Crippen LogP contribution < -0.4 is 14.8 Å². The van der Waals surface area contributed by atoms with Crippen molar-refractivity contribution < 1.29 is 23.9 Å². The average molecular weight is 482 g/mol. The summed E-state index contributed by atoms with van der Waals surface area (Å²) in [6.45, 7) is 7.72. The SMILES string of the molecule is COc1ccc(C(=O)N2CCN(C(=O)Nc3cc(C(=O)CCC(C)C)ccc3C)CC2)c(OC)c1. The summed E-state index contributed by atoms with van der Waals surface area (Å²) >= 11 is 0. The molecule has 8 heteroatoms. The van der Waals surface area contributed by atoms with Crippen LogP contribution in [0.15, 0.2) is 36.4 Å². The van der Waals surface area contributed by atoms with Gasteiger partial charge in [-0.05, 0) is 43.0 Å². The molecule has 1 saturated heterocycles. The smallest absolute Gasteiger partial charge is 0.321 e. The van der Waals surface area contributed by atoms with E-state index in [1.54, 1.807) is 41.2 Å². The van der Waals surface area contributed by atoms with Crippen LogP contribution >= 0.6 is 0 Å². The van der Waals surface area contributed by atoms with Gasteiger partial charge in [-0.3, -0.25) is 9.59 Å². The number of ketones is 1. The van der Waals surface area contributed by atoms with Gasteiger partial charge in [0.05, 0.1) is 19.8 Å². The summed E-state index contributed by atoms with van der Waals surface area (Å²) < 4.78 is 10.6. The summed E-state index contributed by atoms with van der Waals surface area (Å²) in [4.78, 5) is 41.9. The molecule has 0 aromatic heterocycles. The van der Waals surface area contributed by atoms with Gasteiger partial charge in [0.25, 0.3) is 5.91 Å². The molecule has 0 radical (unpaired) electrons. The van der Waals surface area contributed by atoms with E-state index in [9.17, 15) is 14.4 Å². The molecule has 35 heavy (non-hydrogen) atoms. The van der Waals surface area contributed by atoms with Crippen molar-refractivity contribution in [3.63, 3.8) is 0 Å². The fraction of sp³-hybridized carbons (Fsp3) is 0.444. The Kier molecular flexibility index (Phi) is 8.73. The molecule has 2 aromatic carbocycles. The molecule has 188 valence electrons. The van der Waals surface area contributed by atoms with Crippen molar-refractivity contribution in [3.05, 3.63) is 53.1 Å². The van der Waals surface area contributed by atoms with Gasteiger partial charge in [-0.15, -0.1) is 0 Å². The van der Waals surface area contributed by atoms with Gasteiger partial charge < -0.3 is 24.6 Å². The lowest BCUT2D eigenvalue weighted by Gasteiger charge is -2.35. The molecule has 1 fully saturated rings. The minimum absolute atomic E-state index is 0.0790. The summed E-state index contributed by atoms with van der Waals surface area (Å²) in [5, 5.41) is 2.94. The number of methoxy groups -OCH3 is 2. The predicted molar refractivity (Wildman–Crippen MR) is 136 cm³/mol. The van der Waals surface area contributed by atoms with E-state index in [1.165, 1.54) is 7.11 Å². The topological polar surface area (TPSA) is 88.2 Å². The Morgan fingerprint density at radius 1 is 0.943 bits per heavy atom. The highest BCUT2D eigenvalue weighted by Gasteiger charge is 2.27. The second-order valence-corrected chi connectivity index (χ2v) is 9.16. The molecule has 1 aliphatic rings. The number of nitrogens with one attached hydrogen (secondary N) is 1. The molecule has 8 nitrogen and oxygen atoms in total. The van der Waals surface area contributed by atoms with Crippen LogP contribution in [0.2, 0.25) is 0 Å². The Balaban J connectivity index is 1.60. The van der Waals surface area contributed by atoms with Crippen LogP contribution in [0.5, 0.6) is 11.5 Å². The predicted octanol–water partition coefficient (Wildman–Crippen LogP) is 4.62. The van der Waals surface area contributed by atoms with E-state index in [0.717, 1.165) is 12.0 Å². The summed E-state index contributed by atoms with van der Waals surface area (Å²) in [6.07, 6.45) is 1.32. The first-order valence-electron chi connectivity index (χ1n) is 11.9. The number of piperazine rings is 1. The number of rotatable bonds is 8. The zero-order valence-electron chi connectivity index (χ0n) is 21.2. The number of nitrogens with zero attached hydrogens (tertiary/aromatic N) is 2. The molecule has 0 bridgehead atoms. The molecule has 1 N–H and O–H groups in total. The van der Waals surface area contributed by atoms with E-state index in [2.05, 4.69) is 19.2 Å². The maximum Gasteiger partial charge on any atom is 0.321 e. The molecule has 1 aliphatic heterocycles. The van der Waals surface area contributed by atoms with Crippen molar-refractivity contribution in [2.45, 2.75) is 33.6 Å². The Morgan fingerprint density at radius 2 is 1.63 bits per heavy atom. The van der Waals surface area contributed by atoms with Gasteiger partial charge in [-0.25, -0.2) is 4.79 Å². The molecule has 3 rings (SSSR count). The Morgan fingerprint density at radius 3 is 2.26 bits per heavy atom. The lowest BCUT2D eigenvalue weighted by atomic mass is 10.00. The maximum atomic E-state index is 13.0. The average Bonchev–Trinajstić information content (AvgIpc) is 2.87. The summed E-state index contributed by atoms with van der Waals surface area (Å²) in [5.41, 5.74) is 2.59. The number of Topliss-reactive ketones (excluding diaryl/α,β-unsaturated/α-hetero) is 1. The third-order valence-corrected chi connectivity index (χ3v) is 6.24. The molecular formula is C27H35N3O5. The van der Waals surface area contributed by atoms with E-state index in [-0.39, 0.29) is 17.7 Å². The number of amides is 3. The first kappa shape index (κ1) is 26.1. The molecule has 0 saturated carbocycles. The normalized spacial score (nSPS) is 13.5. The first-order valence-corrected chi connectivity index (χ1v) is 11.9. The van der Waals surface area contributed by atoms with Crippen LogP contribution in [0.1, 0.15) is 53.0 Å². The van der Waals surface area contributed by atoms with Gasteiger partial charge >= 0.3 is 6.03 Å². The minimum atomic E-state index is -0.242. The number of carbonyl (C=O) groups excluding carboxylic acids is 3. The standard InChI is InChI=1S/C27H35N3O5/c1-18(2)6-11-24(31)20-8-7-19(3)23(16-20)28-27(33)30-14-12-29(13-15-30)26(32)22-10-9-21(34-4)17-25(22)35-5/h7-10,16-18H,6,11-15H2,1-5H3,(H,28,33). The van der Waals surface area contributed by atoms with E-state index >= 15 is 0 Å². The molecule has 0 spiro atoms. The molecule has 2 aromatic rings. The van der Waals surface area contributed by atoms with Crippen molar-refractivity contribution in [3.8, 4) is 11.5 Å². The Labute approximate surface area is 207 Å². The van der Waals surface area contributed by atoms with Gasteiger partial charge in [0.1, 0.15) is 11.5 Å². The highest BCUT2D eigenvalue weighted by Crippen LogP contribution is 2.26. The van der Waals surface area contributed by atoms with Crippen molar-refractivity contribution in [2.75, 3.05) is 45.7 Å². The Hall–Kier alpha value is -3.55. The van der Waals surface area contributed by atoms with Crippen molar-refractivity contribution >= 4 is 23.4 Å². The number of carbonyl (C=O) groups is 3. The summed E-state index contributed by atoms with van der Waals surface area (Å²) in [7, 11) is 3.08. The number of aryl methyl sites for hydroxylation is 1. The van der Waals surface area contributed by atoms with E-state index in [0.29, 0.717) is 66.8 Å². The monoisotopic (exact) mass is 481 g/mol. The maximum absolute atomic E-state index is 13.0. The molecule has 0 aliphatic carbocycles. The van der Waals surface area contributed by atoms with Crippen molar-refractivity contribution in [2.24, 2.45) is 5.92 Å². The third kappa shape index (κ3) is 6.53. The number of benzene rings is 2. The van der Waals surface area contributed by atoms with Crippen LogP contribution in [0, 0.1) is 12.8 Å². The zero-order valence-corrected chi connectivity index (χ0v) is 21.2. The fourth-order valence-corrected chi connectivity index (χ4v) is 3.95. The first-order chi connectivity index (χ1) is 16.7. The highest BCUT2D eigenvalue weighted by molar-refractivity contribution is 5.99. The Bertz CT molecular complexity index is 1070. The van der Waals surface area contributed by atoms with Gasteiger partial charge in [0.15, 0.2) is 5.78 Å². The van der Waals surface area contributed by atoms with Crippen LogP contribution in [-0.2, 0) is 0 Å². The number of urea groups is 1. The number of ether oxygens (including phenoxy) is 2. The summed E-state index contributed by atoms with van der Waals surface area (Å²) in [5.74, 6) is 1.46. The van der Waals surface area contributed by atoms with E-state index in [1.807, 2.05) is 19.1 Å². The molecular weight excluding hydrogens is 446 g/mol. The summed E-state index contributed by atoms with van der Waals surface area (Å²) in [6, 6.07) is 10.3. The third-order valence-electron chi connectivity index (χ3n) is 6.24. The lowest BCUT2D eigenvalue weighted by molar-refractivity contribution is 0.0668. The van der Waals surface area contributed by atoms with Gasteiger partial charge in [-0.1, -0.05) is 26.0 Å². The molecule has 3 amide bonds. The second-order valence-electron chi connectivity index (χ2n) is 9.16. The lowest BCUT2D eigenvalue weighted by Crippen LogP contribution is -2.51. The number of hydrogen-bond acceptors (Lipinski definition) is 5. The largest absolute Gasteiger partial charge is 0.497 e. The van der Waals surface area contributed by atoms with Gasteiger partial charge in [0, 0.05) is 49.9 Å². The van der Waals surface area contributed by atoms with Crippen molar-refractivity contribution in [1.82, 2.24) is 9.80 Å². The number of anilines is 1. The van der Waals surface area contributed by atoms with E-state index < -0.39 is 0 Å². The molecule has 0 unspecified atom stereocenters. The van der Waals surface area contributed by atoms with E-state index in [4.69, 9.17) is 9.47 Å². The van der Waals surface area contributed by atoms with Crippen LogP contribution in [0.4, 0.5) is 10.5 Å². The molecule has 1 heterocycles. The van der Waals surface area contributed by atoms with Crippen LogP contribution in [-0.4, -0.2) is 67.9 Å². The zero-order chi connectivity index (χ0) is 25.5. The highest BCUT2D eigenvalue weighted by atomic mass is 16.5. The quantitative estimate of drug-likeness (QED) is 0.556. The van der Waals surface area contributed by atoms with Gasteiger partial charge in [-0.2, -0.15) is 0 Å². The van der Waals surface area contributed by atoms with Gasteiger partial charge in [0.2, 0.25) is 0 Å². The number of hydrogen-bond donors (Lipinski definition) is 1. The second kappa shape index (κ2) is 11.7. The van der Waals surface area contributed by atoms with Crippen LogP contribution in [0.3, 0.4) is 0 Å².